The van der Waals surface area contributed by atoms with Crippen molar-refractivity contribution in [2.24, 2.45) is 0 Å². The van der Waals surface area contributed by atoms with Crippen LogP contribution in [0.15, 0.2) is 54.9 Å². The van der Waals surface area contributed by atoms with E-state index in [9.17, 15) is 14.4 Å². The maximum atomic E-state index is 12.7. The van der Waals surface area contributed by atoms with E-state index in [-0.39, 0.29) is 16.8 Å². The van der Waals surface area contributed by atoms with Crippen LogP contribution < -0.4 is 5.32 Å². The van der Waals surface area contributed by atoms with Crippen molar-refractivity contribution in [3.63, 3.8) is 0 Å². The normalized spacial score (nSPS) is 10.4. The standard InChI is InChI=1S/C22H21N3O5/c1-14-23-10-11-25(14)13-15-4-6-16(7-5-15)20(26)24-19-12-17(21(27)29-2)8-9-18(19)22(28)30-3/h4-12H,13H2,1-3H3,(H,24,26). The summed E-state index contributed by atoms with van der Waals surface area (Å²) >= 11 is 0. The molecular weight excluding hydrogens is 386 g/mol. The minimum absolute atomic E-state index is 0.130. The summed E-state index contributed by atoms with van der Waals surface area (Å²) in [4.78, 5) is 40.7. The number of aromatic nitrogens is 2. The lowest BCUT2D eigenvalue weighted by Crippen LogP contribution is -2.16. The zero-order valence-corrected chi connectivity index (χ0v) is 16.8. The monoisotopic (exact) mass is 407 g/mol. The van der Waals surface area contributed by atoms with E-state index >= 15 is 0 Å². The van der Waals surface area contributed by atoms with E-state index < -0.39 is 17.8 Å². The van der Waals surface area contributed by atoms with E-state index in [4.69, 9.17) is 9.47 Å². The Hall–Kier alpha value is -3.94. The van der Waals surface area contributed by atoms with Crippen molar-refractivity contribution in [2.45, 2.75) is 13.5 Å². The molecule has 0 aliphatic rings. The predicted octanol–water partition coefficient (Wildman–Crippen LogP) is 3.07. The molecule has 3 aromatic rings. The number of amides is 1. The van der Waals surface area contributed by atoms with Gasteiger partial charge in [-0.3, -0.25) is 4.79 Å². The van der Waals surface area contributed by atoms with Crippen molar-refractivity contribution < 1.29 is 23.9 Å². The molecule has 0 atom stereocenters. The van der Waals surface area contributed by atoms with Gasteiger partial charge in [-0.2, -0.15) is 0 Å². The molecule has 0 saturated carbocycles. The Labute approximate surface area is 173 Å². The highest BCUT2D eigenvalue weighted by atomic mass is 16.5. The number of imidazole rings is 1. The summed E-state index contributed by atoms with van der Waals surface area (Å²) in [7, 11) is 2.49. The number of hydrogen-bond acceptors (Lipinski definition) is 6. The van der Waals surface area contributed by atoms with E-state index in [1.54, 1.807) is 18.3 Å². The molecule has 8 heteroatoms. The van der Waals surface area contributed by atoms with E-state index in [1.165, 1.54) is 32.4 Å². The molecule has 3 rings (SSSR count). The molecule has 0 spiro atoms. The van der Waals surface area contributed by atoms with Gasteiger partial charge in [-0.25, -0.2) is 14.6 Å². The van der Waals surface area contributed by atoms with Crippen LogP contribution in [-0.2, 0) is 16.0 Å². The third-order valence-corrected chi connectivity index (χ3v) is 4.59. The predicted molar refractivity (Wildman–Crippen MR) is 110 cm³/mol. The number of esters is 2. The highest BCUT2D eigenvalue weighted by molar-refractivity contribution is 6.09. The molecule has 8 nitrogen and oxygen atoms in total. The van der Waals surface area contributed by atoms with Crippen LogP contribution in [0.2, 0.25) is 0 Å². The number of ether oxygens (including phenoxy) is 2. The lowest BCUT2D eigenvalue weighted by Gasteiger charge is -2.12. The molecule has 0 aliphatic carbocycles. The van der Waals surface area contributed by atoms with Crippen molar-refractivity contribution >= 4 is 23.5 Å². The summed E-state index contributed by atoms with van der Waals surface area (Å²) in [5, 5.41) is 2.67. The minimum Gasteiger partial charge on any atom is -0.465 e. The topological polar surface area (TPSA) is 99.5 Å². The van der Waals surface area contributed by atoms with Crippen LogP contribution in [0.3, 0.4) is 0 Å². The summed E-state index contributed by atoms with van der Waals surface area (Å²) in [5.41, 5.74) is 1.90. The SMILES string of the molecule is COC(=O)c1ccc(C(=O)OC)c(NC(=O)c2ccc(Cn3ccnc3C)cc2)c1. The lowest BCUT2D eigenvalue weighted by molar-refractivity contribution is 0.0587. The average molecular weight is 407 g/mol. The van der Waals surface area contributed by atoms with Gasteiger partial charge in [0.25, 0.3) is 5.91 Å². The first-order valence-corrected chi connectivity index (χ1v) is 9.11. The molecule has 2 aromatic carbocycles. The minimum atomic E-state index is -0.632. The molecule has 0 saturated heterocycles. The van der Waals surface area contributed by atoms with Gasteiger partial charge in [0, 0.05) is 24.5 Å². The van der Waals surface area contributed by atoms with Crippen molar-refractivity contribution in [1.82, 2.24) is 9.55 Å². The second kappa shape index (κ2) is 9.04. The van der Waals surface area contributed by atoms with E-state index in [2.05, 4.69) is 10.3 Å². The fourth-order valence-corrected chi connectivity index (χ4v) is 2.90. The van der Waals surface area contributed by atoms with Crippen LogP contribution in [0.25, 0.3) is 0 Å². The van der Waals surface area contributed by atoms with Gasteiger partial charge in [-0.15, -0.1) is 0 Å². The molecular formula is C22H21N3O5. The third-order valence-electron chi connectivity index (χ3n) is 4.59. The Bertz CT molecular complexity index is 1090. The van der Waals surface area contributed by atoms with Crippen LogP contribution in [0, 0.1) is 6.92 Å². The summed E-state index contributed by atoms with van der Waals surface area (Å²) in [6.45, 7) is 2.56. The van der Waals surface area contributed by atoms with Crippen molar-refractivity contribution in [3.05, 3.63) is 82.9 Å². The molecule has 1 aromatic heterocycles. The van der Waals surface area contributed by atoms with Crippen molar-refractivity contribution in [1.29, 1.82) is 0 Å². The fraction of sp³-hybridized carbons (Fsp3) is 0.182. The smallest absolute Gasteiger partial charge is 0.339 e. The number of benzene rings is 2. The molecule has 30 heavy (non-hydrogen) atoms. The molecule has 1 heterocycles. The number of methoxy groups -OCH3 is 2. The van der Waals surface area contributed by atoms with Gasteiger partial charge < -0.3 is 19.4 Å². The van der Waals surface area contributed by atoms with E-state index in [1.807, 2.05) is 29.8 Å². The Morgan fingerprint density at radius 2 is 1.63 bits per heavy atom. The van der Waals surface area contributed by atoms with Crippen molar-refractivity contribution in [2.75, 3.05) is 19.5 Å². The largest absolute Gasteiger partial charge is 0.465 e. The first-order valence-electron chi connectivity index (χ1n) is 9.11. The fourth-order valence-electron chi connectivity index (χ4n) is 2.90. The number of aryl methyl sites for hydroxylation is 1. The zero-order valence-electron chi connectivity index (χ0n) is 16.8. The summed E-state index contributed by atoms with van der Waals surface area (Å²) < 4.78 is 11.4. The number of rotatable bonds is 6. The lowest BCUT2D eigenvalue weighted by atomic mass is 10.1. The first kappa shape index (κ1) is 20.8. The first-order chi connectivity index (χ1) is 14.4. The van der Waals surface area contributed by atoms with Crippen LogP contribution in [-0.4, -0.2) is 41.6 Å². The molecule has 0 radical (unpaired) electrons. The number of anilines is 1. The van der Waals surface area contributed by atoms with Crippen LogP contribution >= 0.6 is 0 Å². The molecule has 0 fully saturated rings. The number of carbonyl (C=O) groups excluding carboxylic acids is 3. The molecule has 0 bridgehead atoms. The van der Waals surface area contributed by atoms with Gasteiger partial charge in [0.05, 0.1) is 31.0 Å². The second-order valence-corrected chi connectivity index (χ2v) is 6.50. The van der Waals surface area contributed by atoms with Gasteiger partial charge in [0.2, 0.25) is 0 Å². The number of nitrogens with zero attached hydrogens (tertiary/aromatic N) is 2. The molecule has 1 N–H and O–H groups in total. The summed E-state index contributed by atoms with van der Waals surface area (Å²) in [5.74, 6) is -0.737. The number of carbonyl (C=O) groups is 3. The van der Waals surface area contributed by atoms with Gasteiger partial charge in [-0.1, -0.05) is 12.1 Å². The Balaban J connectivity index is 1.81. The molecule has 0 unspecified atom stereocenters. The average Bonchev–Trinajstić information content (AvgIpc) is 3.17. The Kier molecular flexibility index (Phi) is 6.26. The van der Waals surface area contributed by atoms with Gasteiger partial charge in [0.1, 0.15) is 5.82 Å². The zero-order chi connectivity index (χ0) is 21.7. The Morgan fingerprint density at radius 3 is 2.23 bits per heavy atom. The quantitative estimate of drug-likeness (QED) is 0.631. The van der Waals surface area contributed by atoms with Crippen LogP contribution in [0.1, 0.15) is 42.5 Å². The summed E-state index contributed by atoms with van der Waals surface area (Å²) in [6, 6.07) is 11.3. The number of nitrogens with one attached hydrogen (secondary N) is 1. The van der Waals surface area contributed by atoms with Crippen LogP contribution in [0.4, 0.5) is 5.69 Å². The van der Waals surface area contributed by atoms with E-state index in [0.29, 0.717) is 12.1 Å². The highest BCUT2D eigenvalue weighted by Crippen LogP contribution is 2.21. The second-order valence-electron chi connectivity index (χ2n) is 6.50. The van der Waals surface area contributed by atoms with Crippen LogP contribution in [0.5, 0.6) is 0 Å². The third kappa shape index (κ3) is 4.54. The van der Waals surface area contributed by atoms with Gasteiger partial charge in [-0.05, 0) is 42.8 Å². The highest BCUT2D eigenvalue weighted by Gasteiger charge is 2.18. The van der Waals surface area contributed by atoms with Crippen molar-refractivity contribution in [3.8, 4) is 0 Å². The van der Waals surface area contributed by atoms with E-state index in [0.717, 1.165) is 11.4 Å². The number of hydrogen-bond donors (Lipinski definition) is 1. The maximum Gasteiger partial charge on any atom is 0.339 e. The maximum absolute atomic E-state index is 12.7. The van der Waals surface area contributed by atoms with Gasteiger partial charge >= 0.3 is 11.9 Å². The molecule has 154 valence electrons. The molecule has 1 amide bonds. The van der Waals surface area contributed by atoms with Gasteiger partial charge in [0.15, 0.2) is 0 Å². The molecule has 0 aliphatic heterocycles. The Morgan fingerprint density at radius 1 is 0.967 bits per heavy atom. The summed E-state index contributed by atoms with van der Waals surface area (Å²) in [6.07, 6.45) is 3.62.